The molecule has 0 radical (unpaired) electrons. The van der Waals surface area contributed by atoms with E-state index in [0.29, 0.717) is 22.2 Å². The lowest BCUT2D eigenvalue weighted by atomic mass is 10.1. The number of carbonyl (C=O) groups is 2. The van der Waals surface area contributed by atoms with Crippen LogP contribution in [0.1, 0.15) is 29.3 Å². The van der Waals surface area contributed by atoms with E-state index in [0.717, 1.165) is 5.56 Å². The zero-order chi connectivity index (χ0) is 18.4. The fraction of sp³-hybridized carbons (Fsp3) is 0.222. The monoisotopic (exact) mass is 399 g/mol. The average molecular weight is 401 g/mol. The summed E-state index contributed by atoms with van der Waals surface area (Å²) in [6, 6.07) is 9.92. The molecule has 4 nitrogen and oxygen atoms in total. The van der Waals surface area contributed by atoms with Crippen LogP contribution >= 0.6 is 34.8 Å². The second-order valence-electron chi connectivity index (χ2n) is 5.21. The van der Waals surface area contributed by atoms with Gasteiger partial charge in [-0.15, -0.1) is 0 Å². The van der Waals surface area contributed by atoms with Crippen molar-refractivity contribution in [3.63, 3.8) is 0 Å². The van der Waals surface area contributed by atoms with Crippen molar-refractivity contribution in [1.82, 2.24) is 0 Å². The van der Waals surface area contributed by atoms with Gasteiger partial charge in [0.15, 0.2) is 0 Å². The molecule has 0 spiro atoms. The van der Waals surface area contributed by atoms with Gasteiger partial charge < -0.3 is 10.1 Å². The summed E-state index contributed by atoms with van der Waals surface area (Å²) < 4.78 is 4.94. The Hall–Kier alpha value is -1.75. The molecule has 2 aromatic rings. The van der Waals surface area contributed by atoms with Gasteiger partial charge in [0.05, 0.1) is 27.2 Å². The molecule has 132 valence electrons. The van der Waals surface area contributed by atoms with Crippen molar-refractivity contribution in [1.29, 1.82) is 0 Å². The zero-order valence-electron chi connectivity index (χ0n) is 13.4. The van der Waals surface area contributed by atoms with Gasteiger partial charge in [-0.1, -0.05) is 40.9 Å². The quantitative estimate of drug-likeness (QED) is 0.661. The summed E-state index contributed by atoms with van der Waals surface area (Å²) in [6.45, 7) is 1.95. The molecular weight excluding hydrogens is 385 g/mol. The van der Waals surface area contributed by atoms with Gasteiger partial charge in [-0.3, -0.25) is 4.79 Å². The molecule has 0 aliphatic heterocycles. The summed E-state index contributed by atoms with van der Waals surface area (Å²) in [4.78, 5) is 23.9. The number of aryl methyl sites for hydroxylation is 1. The van der Waals surface area contributed by atoms with Crippen LogP contribution in [0.2, 0.25) is 15.1 Å². The molecule has 7 heteroatoms. The summed E-state index contributed by atoms with van der Waals surface area (Å²) in [6.07, 6.45) is 0.774. The highest BCUT2D eigenvalue weighted by Crippen LogP contribution is 2.24. The number of halogens is 3. The predicted octanol–water partition coefficient (Wildman–Crippen LogP) is 5.39. The number of rotatable bonds is 6. The molecular formula is C18H16Cl3NO3. The number of ether oxygens (including phenoxy) is 1. The molecule has 2 aromatic carbocycles. The molecule has 0 unspecified atom stereocenters. The average Bonchev–Trinajstić information content (AvgIpc) is 2.58. The molecule has 0 aliphatic rings. The van der Waals surface area contributed by atoms with E-state index < -0.39 is 5.97 Å². The zero-order valence-corrected chi connectivity index (χ0v) is 15.7. The Kier molecular flexibility index (Phi) is 7.12. The Morgan fingerprint density at radius 1 is 1.00 bits per heavy atom. The number of anilines is 1. The molecule has 0 atom stereocenters. The molecule has 0 fully saturated rings. The Labute approximate surface area is 161 Å². The third-order valence-electron chi connectivity index (χ3n) is 3.37. The lowest BCUT2D eigenvalue weighted by Gasteiger charge is -2.09. The van der Waals surface area contributed by atoms with Crippen LogP contribution in [-0.4, -0.2) is 18.5 Å². The minimum atomic E-state index is -0.528. The number of hydrogen-bond acceptors (Lipinski definition) is 3. The van der Waals surface area contributed by atoms with Crippen LogP contribution < -0.4 is 5.32 Å². The fourth-order valence-corrected chi connectivity index (χ4v) is 2.66. The van der Waals surface area contributed by atoms with Crippen LogP contribution in [0.25, 0.3) is 0 Å². The fourth-order valence-electron chi connectivity index (χ4n) is 2.14. The van der Waals surface area contributed by atoms with E-state index in [1.807, 2.05) is 6.07 Å². The van der Waals surface area contributed by atoms with Gasteiger partial charge in [0.2, 0.25) is 5.91 Å². The standard InChI is InChI=1S/C18H16Cl3NO3/c1-2-25-18(24)13-10-12(5-7-14(13)19)22-17(23)8-4-11-3-6-15(20)16(21)9-11/h3,5-7,9-10H,2,4,8H2,1H3,(H,22,23). The Bertz CT molecular complexity index is 793. The highest BCUT2D eigenvalue weighted by molar-refractivity contribution is 6.42. The molecule has 0 saturated carbocycles. The van der Waals surface area contributed by atoms with Crippen molar-refractivity contribution >= 4 is 52.4 Å². The number of amides is 1. The first-order valence-corrected chi connectivity index (χ1v) is 8.74. The van der Waals surface area contributed by atoms with Gasteiger partial charge in [0.25, 0.3) is 0 Å². The highest BCUT2D eigenvalue weighted by Gasteiger charge is 2.13. The normalized spacial score (nSPS) is 10.4. The number of hydrogen-bond donors (Lipinski definition) is 1. The van der Waals surface area contributed by atoms with Crippen molar-refractivity contribution in [2.45, 2.75) is 19.8 Å². The van der Waals surface area contributed by atoms with Gasteiger partial charge in [-0.2, -0.15) is 0 Å². The molecule has 0 bridgehead atoms. The molecule has 1 N–H and O–H groups in total. The van der Waals surface area contributed by atoms with Crippen LogP contribution in [0, 0.1) is 0 Å². The van der Waals surface area contributed by atoms with Crippen molar-refractivity contribution in [3.8, 4) is 0 Å². The summed E-state index contributed by atoms with van der Waals surface area (Å²) in [5, 5.41) is 3.94. The second-order valence-corrected chi connectivity index (χ2v) is 6.43. The van der Waals surface area contributed by atoms with E-state index in [1.165, 1.54) is 6.07 Å². The first-order valence-electron chi connectivity index (χ1n) is 7.61. The largest absolute Gasteiger partial charge is 0.462 e. The minimum Gasteiger partial charge on any atom is -0.462 e. The Morgan fingerprint density at radius 3 is 2.40 bits per heavy atom. The number of esters is 1. The molecule has 0 saturated heterocycles. The van der Waals surface area contributed by atoms with Crippen LogP contribution in [-0.2, 0) is 16.0 Å². The van der Waals surface area contributed by atoms with E-state index in [-0.39, 0.29) is 29.5 Å². The van der Waals surface area contributed by atoms with Gasteiger partial charge in [0, 0.05) is 12.1 Å². The third-order valence-corrected chi connectivity index (χ3v) is 4.44. The number of carbonyl (C=O) groups excluding carboxylic acids is 2. The maximum absolute atomic E-state index is 12.1. The van der Waals surface area contributed by atoms with Crippen LogP contribution in [0.15, 0.2) is 36.4 Å². The van der Waals surface area contributed by atoms with Gasteiger partial charge in [-0.25, -0.2) is 4.79 Å². The summed E-state index contributed by atoms with van der Waals surface area (Å²) in [5.74, 6) is -0.720. The van der Waals surface area contributed by atoms with Crippen molar-refractivity contribution in [2.24, 2.45) is 0 Å². The minimum absolute atomic E-state index is 0.191. The summed E-state index contributed by atoms with van der Waals surface area (Å²) in [7, 11) is 0. The first kappa shape index (κ1) is 19.6. The highest BCUT2D eigenvalue weighted by atomic mass is 35.5. The number of benzene rings is 2. The molecule has 0 aromatic heterocycles. The van der Waals surface area contributed by atoms with Gasteiger partial charge in [0.1, 0.15) is 0 Å². The predicted molar refractivity (Wildman–Crippen MR) is 101 cm³/mol. The molecule has 0 aliphatic carbocycles. The summed E-state index contributed by atoms with van der Waals surface area (Å²) in [5.41, 5.74) is 1.60. The first-order chi connectivity index (χ1) is 11.9. The van der Waals surface area contributed by atoms with Crippen molar-refractivity contribution in [2.75, 3.05) is 11.9 Å². The van der Waals surface area contributed by atoms with E-state index >= 15 is 0 Å². The Balaban J connectivity index is 1.99. The maximum Gasteiger partial charge on any atom is 0.339 e. The smallest absolute Gasteiger partial charge is 0.339 e. The van der Waals surface area contributed by atoms with Crippen LogP contribution in [0.3, 0.4) is 0 Å². The van der Waals surface area contributed by atoms with E-state index in [1.54, 1.807) is 31.2 Å². The van der Waals surface area contributed by atoms with E-state index in [9.17, 15) is 9.59 Å². The summed E-state index contributed by atoms with van der Waals surface area (Å²) >= 11 is 17.8. The van der Waals surface area contributed by atoms with Crippen molar-refractivity contribution in [3.05, 3.63) is 62.6 Å². The maximum atomic E-state index is 12.1. The lowest BCUT2D eigenvalue weighted by molar-refractivity contribution is -0.116. The molecule has 25 heavy (non-hydrogen) atoms. The number of nitrogens with one attached hydrogen (secondary N) is 1. The molecule has 2 rings (SSSR count). The lowest BCUT2D eigenvalue weighted by Crippen LogP contribution is -2.13. The van der Waals surface area contributed by atoms with Crippen LogP contribution in [0.4, 0.5) is 5.69 Å². The third kappa shape index (κ3) is 5.63. The Morgan fingerprint density at radius 2 is 1.72 bits per heavy atom. The molecule has 0 heterocycles. The topological polar surface area (TPSA) is 55.4 Å². The van der Waals surface area contributed by atoms with E-state index in [4.69, 9.17) is 39.5 Å². The van der Waals surface area contributed by atoms with Crippen molar-refractivity contribution < 1.29 is 14.3 Å². The second kappa shape index (κ2) is 9.09. The van der Waals surface area contributed by atoms with E-state index in [2.05, 4.69) is 5.32 Å². The SMILES string of the molecule is CCOC(=O)c1cc(NC(=O)CCc2ccc(Cl)c(Cl)c2)ccc1Cl. The van der Waals surface area contributed by atoms with Gasteiger partial charge >= 0.3 is 5.97 Å². The molecule has 1 amide bonds. The van der Waals surface area contributed by atoms with Crippen LogP contribution in [0.5, 0.6) is 0 Å². The van der Waals surface area contributed by atoms with Gasteiger partial charge in [-0.05, 0) is 49.2 Å².